The topological polar surface area (TPSA) is 116 Å². The van der Waals surface area contributed by atoms with E-state index in [1.165, 1.54) is 18.2 Å². The van der Waals surface area contributed by atoms with Crippen LogP contribution < -0.4 is 0 Å². The van der Waals surface area contributed by atoms with Gasteiger partial charge in [-0.25, -0.2) is 9.59 Å². The second kappa shape index (κ2) is 5.94. The van der Waals surface area contributed by atoms with E-state index in [-0.39, 0.29) is 17.9 Å². The lowest BCUT2D eigenvalue weighted by Crippen LogP contribution is -2.47. The Hall–Kier alpha value is -2.74. The van der Waals surface area contributed by atoms with Crippen LogP contribution in [0.25, 0.3) is 0 Å². The van der Waals surface area contributed by atoms with Crippen LogP contribution in [-0.4, -0.2) is 34.7 Å². The number of nitro groups is 1. The summed E-state index contributed by atoms with van der Waals surface area (Å²) in [6, 6.07) is 4.71. The van der Waals surface area contributed by atoms with E-state index in [9.17, 15) is 24.8 Å². The predicted molar refractivity (Wildman–Crippen MR) is 72.6 cm³/mol. The summed E-state index contributed by atoms with van der Waals surface area (Å²) in [5, 5.41) is 21.4. The lowest BCUT2D eigenvalue weighted by molar-refractivity contribution is -0.384. The molecule has 2 rings (SSSR count). The van der Waals surface area contributed by atoms with Crippen molar-refractivity contribution >= 4 is 17.6 Å². The molecule has 0 radical (unpaired) electrons. The summed E-state index contributed by atoms with van der Waals surface area (Å²) in [5.74, 6) is -1.71. The van der Waals surface area contributed by atoms with Crippen molar-refractivity contribution in [1.82, 2.24) is 0 Å². The fourth-order valence-corrected chi connectivity index (χ4v) is 2.07. The van der Waals surface area contributed by atoms with E-state index in [2.05, 4.69) is 0 Å². The van der Waals surface area contributed by atoms with Gasteiger partial charge in [0.2, 0.25) is 5.60 Å². The summed E-state index contributed by atoms with van der Waals surface area (Å²) in [6.07, 6.45) is 1.06. The van der Waals surface area contributed by atoms with Crippen LogP contribution in [0.1, 0.15) is 12.5 Å². The minimum absolute atomic E-state index is 0.0124. The quantitative estimate of drug-likeness (QED) is 0.486. The van der Waals surface area contributed by atoms with E-state index >= 15 is 0 Å². The molecule has 22 heavy (non-hydrogen) atoms. The van der Waals surface area contributed by atoms with E-state index in [4.69, 9.17) is 9.47 Å². The molecule has 1 aliphatic rings. The zero-order chi connectivity index (χ0) is 16.3. The molecule has 2 atom stereocenters. The van der Waals surface area contributed by atoms with Gasteiger partial charge in [-0.3, -0.25) is 10.1 Å². The maximum atomic E-state index is 12.1. The van der Waals surface area contributed by atoms with Crippen LogP contribution in [0.2, 0.25) is 0 Å². The zero-order valence-electron chi connectivity index (χ0n) is 11.6. The van der Waals surface area contributed by atoms with Gasteiger partial charge in [0.25, 0.3) is 5.69 Å². The van der Waals surface area contributed by atoms with Crippen LogP contribution in [0.15, 0.2) is 36.4 Å². The maximum absolute atomic E-state index is 12.1. The van der Waals surface area contributed by atoms with Crippen molar-refractivity contribution in [3.05, 3.63) is 52.1 Å². The number of ether oxygens (including phenoxy) is 2. The fraction of sp³-hybridized carbons (Fsp3) is 0.286. The third kappa shape index (κ3) is 2.68. The number of carbonyl (C=O) groups excluding carboxylic acids is 2. The van der Waals surface area contributed by atoms with Gasteiger partial charge in [0.15, 0.2) is 6.10 Å². The summed E-state index contributed by atoms with van der Waals surface area (Å²) < 4.78 is 9.73. The number of nitrogens with zero attached hydrogens (tertiary/aromatic N) is 1. The lowest BCUT2D eigenvalue weighted by atomic mass is 9.88. The van der Waals surface area contributed by atoms with Gasteiger partial charge < -0.3 is 14.6 Å². The van der Waals surface area contributed by atoms with Gasteiger partial charge in [0.1, 0.15) is 0 Å². The van der Waals surface area contributed by atoms with Gasteiger partial charge in [0, 0.05) is 18.2 Å². The van der Waals surface area contributed by atoms with Crippen molar-refractivity contribution in [2.45, 2.75) is 18.6 Å². The molecule has 1 aromatic rings. The number of cyclic esters (lactones) is 1. The maximum Gasteiger partial charge on any atom is 0.347 e. The van der Waals surface area contributed by atoms with Crippen LogP contribution in [0.4, 0.5) is 5.69 Å². The number of esters is 2. The molecular formula is C14H13NO7. The molecule has 116 valence electrons. The van der Waals surface area contributed by atoms with Crippen molar-refractivity contribution in [2.75, 3.05) is 6.61 Å². The molecule has 0 amide bonds. The highest BCUT2D eigenvalue weighted by Gasteiger charge is 2.50. The fourth-order valence-electron chi connectivity index (χ4n) is 2.07. The second-order valence-corrected chi connectivity index (χ2v) is 4.51. The molecule has 0 saturated heterocycles. The third-order valence-corrected chi connectivity index (χ3v) is 3.17. The Balaban J connectivity index is 2.43. The van der Waals surface area contributed by atoms with Crippen molar-refractivity contribution in [3.63, 3.8) is 0 Å². The zero-order valence-corrected chi connectivity index (χ0v) is 11.6. The van der Waals surface area contributed by atoms with Gasteiger partial charge in [0.05, 0.1) is 11.5 Å². The molecule has 0 fully saturated rings. The Bertz CT molecular complexity index is 637. The van der Waals surface area contributed by atoms with Crippen molar-refractivity contribution in [2.24, 2.45) is 0 Å². The average molecular weight is 307 g/mol. The summed E-state index contributed by atoms with van der Waals surface area (Å²) in [7, 11) is 0. The standard InChI is InChI=1S/C14H13NO7/c1-2-21-13(17)14(18,11-7-8-12(16)22-11)9-3-5-10(6-4-9)15(19)20/h3-8,11,18H,2H2,1H3/t11-,14-/m1/s1. The van der Waals surface area contributed by atoms with E-state index < -0.39 is 28.6 Å². The predicted octanol–water partition coefficient (Wildman–Crippen LogP) is 0.827. The highest BCUT2D eigenvalue weighted by atomic mass is 16.6. The normalized spacial score (nSPS) is 19.4. The molecule has 0 aliphatic carbocycles. The molecule has 0 aromatic heterocycles. The molecule has 0 saturated carbocycles. The summed E-state index contributed by atoms with van der Waals surface area (Å²) >= 11 is 0. The average Bonchev–Trinajstić information content (AvgIpc) is 2.93. The number of hydrogen-bond acceptors (Lipinski definition) is 7. The highest BCUT2D eigenvalue weighted by molar-refractivity contribution is 5.88. The smallest absolute Gasteiger partial charge is 0.347 e. The molecule has 1 aliphatic heterocycles. The molecule has 0 bridgehead atoms. The monoisotopic (exact) mass is 307 g/mol. The van der Waals surface area contributed by atoms with E-state index in [1.54, 1.807) is 6.92 Å². The molecule has 1 heterocycles. The molecule has 8 nitrogen and oxygen atoms in total. The van der Waals surface area contributed by atoms with Gasteiger partial charge in [-0.1, -0.05) is 0 Å². The summed E-state index contributed by atoms with van der Waals surface area (Å²) in [5.41, 5.74) is -2.44. The van der Waals surface area contributed by atoms with Crippen LogP contribution in [-0.2, 0) is 24.7 Å². The minimum Gasteiger partial charge on any atom is -0.463 e. The van der Waals surface area contributed by atoms with Crippen LogP contribution in [0.3, 0.4) is 0 Å². The van der Waals surface area contributed by atoms with E-state index in [0.29, 0.717) is 0 Å². The summed E-state index contributed by atoms with van der Waals surface area (Å²) in [6.45, 7) is 1.57. The first-order valence-corrected chi connectivity index (χ1v) is 6.43. The number of hydrogen-bond donors (Lipinski definition) is 1. The first kappa shape index (κ1) is 15.6. The molecule has 1 N–H and O–H groups in total. The van der Waals surface area contributed by atoms with E-state index in [1.807, 2.05) is 0 Å². The van der Waals surface area contributed by atoms with Crippen molar-refractivity contribution in [1.29, 1.82) is 0 Å². The Morgan fingerprint density at radius 1 is 1.45 bits per heavy atom. The van der Waals surface area contributed by atoms with Crippen LogP contribution >= 0.6 is 0 Å². The number of benzene rings is 1. The molecule has 1 aromatic carbocycles. The van der Waals surface area contributed by atoms with Gasteiger partial charge >= 0.3 is 11.9 Å². The number of non-ortho nitro benzene ring substituents is 1. The van der Waals surface area contributed by atoms with Crippen molar-refractivity contribution < 1.29 is 29.1 Å². The number of nitro benzene ring substituents is 1. The minimum atomic E-state index is -2.27. The first-order valence-electron chi connectivity index (χ1n) is 6.43. The first-order chi connectivity index (χ1) is 10.4. The Labute approximate surface area is 125 Å². The second-order valence-electron chi connectivity index (χ2n) is 4.51. The summed E-state index contributed by atoms with van der Waals surface area (Å²) in [4.78, 5) is 33.4. The van der Waals surface area contributed by atoms with Gasteiger partial charge in [-0.2, -0.15) is 0 Å². The number of aliphatic hydroxyl groups is 1. The van der Waals surface area contributed by atoms with Crippen LogP contribution in [0, 0.1) is 10.1 Å². The third-order valence-electron chi connectivity index (χ3n) is 3.17. The Kier molecular flexibility index (Phi) is 4.22. The molecular weight excluding hydrogens is 294 g/mol. The van der Waals surface area contributed by atoms with Gasteiger partial charge in [-0.05, 0) is 30.7 Å². The van der Waals surface area contributed by atoms with Gasteiger partial charge in [-0.15, -0.1) is 0 Å². The molecule has 8 heteroatoms. The number of rotatable bonds is 5. The largest absolute Gasteiger partial charge is 0.463 e. The highest BCUT2D eigenvalue weighted by Crippen LogP contribution is 2.33. The Morgan fingerprint density at radius 2 is 2.09 bits per heavy atom. The SMILES string of the molecule is CCOC(=O)[C@@](O)(c1ccc([N+](=O)[O-])cc1)[C@H]1C=CC(=O)O1. The van der Waals surface area contributed by atoms with Crippen molar-refractivity contribution in [3.8, 4) is 0 Å². The Morgan fingerprint density at radius 3 is 2.55 bits per heavy atom. The molecule has 0 spiro atoms. The number of carbonyl (C=O) groups is 2. The van der Waals surface area contributed by atoms with E-state index in [0.717, 1.165) is 18.2 Å². The lowest BCUT2D eigenvalue weighted by Gasteiger charge is -2.29. The van der Waals surface area contributed by atoms with Crippen LogP contribution in [0.5, 0.6) is 0 Å². The molecule has 0 unspecified atom stereocenters.